The number of nitrogens with one attached hydrogen (secondary N) is 1. The van der Waals surface area contributed by atoms with Crippen molar-refractivity contribution >= 4 is 54.0 Å². The number of para-hydroxylation sites is 1. The number of halogens is 1. The molecule has 0 aliphatic rings. The minimum absolute atomic E-state index is 0.287. The van der Waals surface area contributed by atoms with E-state index in [2.05, 4.69) is 20.9 Å². The summed E-state index contributed by atoms with van der Waals surface area (Å²) in [5.74, 6) is -6.95. The third-order valence-corrected chi connectivity index (χ3v) is 6.82. The average Bonchev–Trinajstić information content (AvgIpc) is 3.28. The lowest BCUT2D eigenvalue weighted by Gasteiger charge is -2.11. The molecule has 3 aromatic rings. The van der Waals surface area contributed by atoms with E-state index in [1.807, 2.05) is 0 Å². The molecule has 0 radical (unpaired) electrons. The number of aromatic amines is 1. The number of aromatic nitrogens is 1. The molecule has 0 aliphatic heterocycles. The van der Waals surface area contributed by atoms with Crippen LogP contribution >= 0.6 is 27.3 Å². The molecule has 0 saturated heterocycles. The maximum atomic E-state index is 12.8. The molecule has 0 unspecified atom stereocenters. The van der Waals surface area contributed by atoms with Crippen LogP contribution in [0.2, 0.25) is 0 Å². The van der Waals surface area contributed by atoms with Gasteiger partial charge in [0, 0.05) is 21.2 Å². The first kappa shape index (κ1) is 9.74. The molecule has 0 aliphatic carbocycles. The van der Waals surface area contributed by atoms with Crippen molar-refractivity contribution in [1.29, 1.82) is 0 Å². The van der Waals surface area contributed by atoms with E-state index >= 15 is 0 Å². The number of sulfone groups is 1. The Morgan fingerprint density at radius 1 is 1.46 bits per heavy atom. The van der Waals surface area contributed by atoms with Gasteiger partial charge in [-0.1, -0.05) is 18.1 Å². The fourth-order valence-corrected chi connectivity index (χ4v) is 5.29. The zero-order valence-electron chi connectivity index (χ0n) is 19.7. The molecule has 2 N–H and O–H groups in total. The molecule has 2 heterocycles. The van der Waals surface area contributed by atoms with Gasteiger partial charge in [-0.15, -0.1) is 11.3 Å². The van der Waals surface area contributed by atoms with Crippen molar-refractivity contribution in [1.82, 2.24) is 4.98 Å². The van der Waals surface area contributed by atoms with Gasteiger partial charge >= 0.3 is 5.97 Å². The molecule has 0 saturated carbocycles. The van der Waals surface area contributed by atoms with E-state index in [-0.39, 0.29) is 9.73 Å². The Bertz CT molecular complexity index is 1370. The Balaban J connectivity index is 2.29. The van der Waals surface area contributed by atoms with Crippen molar-refractivity contribution in [2.75, 3.05) is 5.75 Å². The highest BCUT2D eigenvalue weighted by Gasteiger charge is 2.28. The first-order valence-electron chi connectivity index (χ1n) is 10.4. The molecular weight excluding hydrogens is 414 g/mol. The SMILES string of the molecule is [2H]c1[nH]c2c([2H])c([2H])c([2H])c([2H])c2c1C([2H])([2H])[C@@]([2H])(CS(=O)(=O)c1ccc(Br)s1)C(=O)O. The summed E-state index contributed by atoms with van der Waals surface area (Å²) < 4.78 is 90.8. The minimum atomic E-state index is -4.46. The third kappa shape index (κ3) is 3.55. The summed E-state index contributed by atoms with van der Waals surface area (Å²) in [6, 6.07) is -0.181. The topological polar surface area (TPSA) is 87.2 Å². The van der Waals surface area contributed by atoms with Crippen molar-refractivity contribution < 1.29 is 29.3 Å². The Hall–Kier alpha value is -1.64. The maximum absolute atomic E-state index is 12.8. The van der Waals surface area contributed by atoms with Crippen LogP contribution in [0.3, 0.4) is 0 Å². The summed E-state index contributed by atoms with van der Waals surface area (Å²) in [4.78, 5) is 14.4. The zero-order valence-corrected chi connectivity index (χ0v) is 14.9. The van der Waals surface area contributed by atoms with Gasteiger partial charge in [0.15, 0.2) is 9.84 Å². The molecule has 1 atom stereocenters. The van der Waals surface area contributed by atoms with Crippen LogP contribution < -0.4 is 0 Å². The first-order valence-corrected chi connectivity index (χ1v) is 9.63. The molecule has 1 aromatic carbocycles. The van der Waals surface area contributed by atoms with Gasteiger partial charge < -0.3 is 10.1 Å². The number of hydrogen-bond acceptors (Lipinski definition) is 4. The molecule has 0 spiro atoms. The van der Waals surface area contributed by atoms with Gasteiger partial charge in [-0.2, -0.15) is 0 Å². The van der Waals surface area contributed by atoms with Crippen LogP contribution in [0.5, 0.6) is 0 Å². The molecule has 5 nitrogen and oxygen atoms in total. The molecule has 0 fully saturated rings. The largest absolute Gasteiger partial charge is 0.481 e. The Labute approximate surface area is 162 Å². The van der Waals surface area contributed by atoms with Crippen molar-refractivity contribution in [2.45, 2.75) is 10.6 Å². The average molecular weight is 436 g/mol. The molecule has 0 amide bonds. The predicted molar refractivity (Wildman–Crippen MR) is 97.2 cm³/mol. The smallest absolute Gasteiger partial charge is 0.307 e. The molecule has 126 valence electrons. The number of H-pyrrole nitrogens is 1. The van der Waals surface area contributed by atoms with Gasteiger partial charge in [-0.25, -0.2) is 8.42 Å². The highest BCUT2D eigenvalue weighted by atomic mass is 79.9. The highest BCUT2D eigenvalue weighted by Crippen LogP contribution is 2.29. The highest BCUT2D eigenvalue weighted by molar-refractivity contribution is 9.11. The minimum Gasteiger partial charge on any atom is -0.481 e. The summed E-state index contributed by atoms with van der Waals surface area (Å²) in [7, 11) is -4.46. The monoisotopic (exact) mass is 435 g/mol. The van der Waals surface area contributed by atoms with Crippen molar-refractivity contribution in [2.24, 2.45) is 5.89 Å². The predicted octanol–water partition coefficient (Wildman–Crippen LogP) is 3.71. The van der Waals surface area contributed by atoms with E-state index in [1.54, 1.807) is 0 Å². The molecule has 3 rings (SSSR count). The Morgan fingerprint density at radius 3 is 2.88 bits per heavy atom. The number of thiophene rings is 1. The maximum Gasteiger partial charge on any atom is 0.307 e. The summed E-state index contributed by atoms with van der Waals surface area (Å²) >= 11 is 3.84. The number of carboxylic acids is 1. The standard InChI is InChI=1S/C16H14BrNO4S2/c17-14-5-6-15(23-14)24(21,22)9-11(16(19)20)7-10-8-18-13-4-2-1-3-12(10)13/h1-6,8,11,18H,7,9H2,(H,19,20)/t11-/m0/s1/i1D,2D,3D,4D,7D2,8D,11D. The molecule has 8 heteroatoms. The summed E-state index contributed by atoms with van der Waals surface area (Å²) in [5, 5.41) is 9.23. The van der Waals surface area contributed by atoms with Crippen LogP contribution in [0, 0.1) is 5.89 Å². The summed E-state index contributed by atoms with van der Waals surface area (Å²) in [6.45, 7) is 0. The van der Waals surface area contributed by atoms with Gasteiger partial charge in [-0.3, -0.25) is 4.79 Å². The number of rotatable bonds is 6. The second kappa shape index (κ2) is 6.70. The van der Waals surface area contributed by atoms with Crippen molar-refractivity contribution in [3.8, 4) is 0 Å². The quantitative estimate of drug-likeness (QED) is 0.617. The number of carboxylic acid groups (broad SMARTS) is 1. The lowest BCUT2D eigenvalue weighted by atomic mass is 10.0. The summed E-state index contributed by atoms with van der Waals surface area (Å²) in [6.07, 6.45) is -4.14. The number of aliphatic carboxylic acids is 1. The van der Waals surface area contributed by atoms with Gasteiger partial charge in [0.05, 0.1) is 22.3 Å². The fourth-order valence-electron chi connectivity index (χ4n) is 1.90. The van der Waals surface area contributed by atoms with Crippen LogP contribution in [-0.4, -0.2) is 30.2 Å². The Morgan fingerprint density at radius 2 is 2.21 bits per heavy atom. The van der Waals surface area contributed by atoms with Crippen molar-refractivity contribution in [3.05, 3.63) is 51.8 Å². The number of hydrogen-bond donors (Lipinski definition) is 2. The van der Waals surface area contributed by atoms with Crippen LogP contribution in [0.25, 0.3) is 10.9 Å². The third-order valence-electron chi connectivity index (χ3n) is 2.97. The zero-order chi connectivity index (χ0) is 24.4. The first-order chi connectivity index (χ1) is 14.6. The van der Waals surface area contributed by atoms with E-state index < -0.39 is 75.1 Å². The van der Waals surface area contributed by atoms with Crippen molar-refractivity contribution in [3.63, 3.8) is 0 Å². The van der Waals surface area contributed by atoms with Gasteiger partial charge in [-0.05, 0) is 46.0 Å². The van der Waals surface area contributed by atoms with E-state index in [0.29, 0.717) is 3.79 Å². The number of carbonyl (C=O) groups is 1. The van der Waals surface area contributed by atoms with Crippen LogP contribution in [0.4, 0.5) is 0 Å². The van der Waals surface area contributed by atoms with E-state index in [1.165, 1.54) is 12.1 Å². The normalized spacial score (nSPS) is 19.9. The lowest BCUT2D eigenvalue weighted by Crippen LogP contribution is -2.25. The number of fused-ring (bicyclic) bond motifs is 1. The van der Waals surface area contributed by atoms with E-state index in [0.717, 1.165) is 11.3 Å². The lowest BCUT2D eigenvalue weighted by molar-refractivity contribution is -0.140. The van der Waals surface area contributed by atoms with Crippen LogP contribution in [0.1, 0.15) is 16.5 Å². The molecule has 24 heavy (non-hydrogen) atoms. The molecule has 2 aromatic heterocycles. The van der Waals surface area contributed by atoms with Gasteiger partial charge in [0.2, 0.25) is 0 Å². The van der Waals surface area contributed by atoms with Gasteiger partial charge in [0.1, 0.15) is 4.21 Å². The van der Waals surface area contributed by atoms with Crippen LogP contribution in [-0.2, 0) is 21.0 Å². The second-order valence-electron chi connectivity index (χ2n) is 4.60. The second-order valence-corrected chi connectivity index (χ2v) is 9.28. The molecule has 0 bridgehead atoms. The number of benzene rings is 1. The van der Waals surface area contributed by atoms with E-state index in [4.69, 9.17) is 11.0 Å². The summed E-state index contributed by atoms with van der Waals surface area (Å²) in [5.41, 5.74) is -1.18. The van der Waals surface area contributed by atoms with Gasteiger partial charge in [0.25, 0.3) is 0 Å². The molecular formula is C16H14BrNO4S2. The van der Waals surface area contributed by atoms with Crippen LogP contribution in [0.15, 0.2) is 50.5 Å². The van der Waals surface area contributed by atoms with E-state index in [9.17, 15) is 18.3 Å². The Kier molecular flexibility index (Phi) is 2.72. The fraction of sp³-hybridized carbons (Fsp3) is 0.188.